The first-order valence-corrected chi connectivity index (χ1v) is 12.6. The van der Waals surface area contributed by atoms with Crippen molar-refractivity contribution in [1.82, 2.24) is 4.57 Å². The van der Waals surface area contributed by atoms with E-state index in [9.17, 15) is 32.5 Å². The number of nitrogens with zero attached hydrogens (tertiary/aromatic N) is 3. The third-order valence-electron chi connectivity index (χ3n) is 4.40. The summed E-state index contributed by atoms with van der Waals surface area (Å²) in [7, 11) is -4.74. The third kappa shape index (κ3) is 5.85. The molecule has 1 atom stereocenters. The molecule has 33 heavy (non-hydrogen) atoms. The fourth-order valence-corrected chi connectivity index (χ4v) is 3.81. The zero-order chi connectivity index (χ0) is 25.1. The second kappa shape index (κ2) is 10.5. The minimum absolute atomic E-state index is 0.0210. The van der Waals surface area contributed by atoms with E-state index in [2.05, 4.69) is 47.4 Å². The van der Waals surface area contributed by atoms with Gasteiger partial charge in [-0.15, -0.1) is 10.2 Å². The molecule has 5 N–H and O–H groups in total. The highest BCUT2D eigenvalue weighted by molar-refractivity contribution is 9.12. The highest BCUT2D eigenvalue weighted by Gasteiger charge is 2.23. The van der Waals surface area contributed by atoms with Gasteiger partial charge < -0.3 is 16.2 Å². The van der Waals surface area contributed by atoms with Gasteiger partial charge in [0, 0.05) is 23.1 Å². The maximum Gasteiger partial charge on any atom is 0.296 e. The van der Waals surface area contributed by atoms with Crippen LogP contribution in [0.15, 0.2) is 38.1 Å². The average Bonchev–Trinajstić information content (AvgIpc) is 2.72. The lowest BCUT2D eigenvalue weighted by Crippen LogP contribution is -2.30. The zero-order valence-corrected chi connectivity index (χ0v) is 21.2. The largest absolute Gasteiger partial charge is 0.493 e. The van der Waals surface area contributed by atoms with Crippen molar-refractivity contribution in [2.45, 2.75) is 30.1 Å². The van der Waals surface area contributed by atoms with E-state index in [0.29, 0.717) is 5.33 Å². The van der Waals surface area contributed by atoms with Crippen LogP contribution in [0.4, 0.5) is 17.1 Å². The number of halogens is 2. The Morgan fingerprint density at radius 3 is 2.45 bits per heavy atom. The number of nitrogens with one attached hydrogen (secondary N) is 1. The quantitative estimate of drug-likeness (QED) is 0.201. The molecule has 15 heteroatoms. The molecule has 1 heterocycles. The van der Waals surface area contributed by atoms with Gasteiger partial charge in [-0.3, -0.25) is 23.5 Å². The molecular weight excluding hydrogens is 590 g/mol. The number of hydrogen-bond acceptors (Lipinski definition) is 8. The van der Waals surface area contributed by atoms with Crippen LogP contribution < -0.4 is 16.6 Å². The second-order valence-electron chi connectivity index (χ2n) is 6.55. The van der Waals surface area contributed by atoms with Crippen LogP contribution >= 0.6 is 31.9 Å². The van der Waals surface area contributed by atoms with Crippen LogP contribution in [0.1, 0.15) is 22.8 Å². The van der Waals surface area contributed by atoms with Crippen molar-refractivity contribution in [3.8, 4) is 5.88 Å². The Hall–Kier alpha value is -2.62. The number of primary amides is 1. The van der Waals surface area contributed by atoms with Gasteiger partial charge in [0.2, 0.25) is 11.8 Å². The molecule has 1 unspecified atom stereocenters. The molecule has 2 amide bonds. The molecule has 12 nitrogen and oxygen atoms in total. The number of aromatic hydroxyl groups is 1. The number of rotatable bonds is 8. The Bertz CT molecular complexity index is 1310. The summed E-state index contributed by atoms with van der Waals surface area (Å²) in [5, 5.41) is 20.9. The number of aromatic nitrogens is 1. The Balaban J connectivity index is 2.68. The number of azo groups is 1. The Morgan fingerprint density at radius 1 is 1.30 bits per heavy atom. The Morgan fingerprint density at radius 2 is 1.94 bits per heavy atom. The lowest BCUT2D eigenvalue weighted by molar-refractivity contribution is -0.115. The summed E-state index contributed by atoms with van der Waals surface area (Å²) in [5.74, 6) is -2.11. The number of alkyl halides is 2. The number of anilines is 1. The minimum atomic E-state index is -4.74. The van der Waals surface area contributed by atoms with Crippen LogP contribution in [0, 0.1) is 6.92 Å². The summed E-state index contributed by atoms with van der Waals surface area (Å²) in [6, 6.07) is 3.38. The number of nitrogens with two attached hydrogens (primary N) is 1. The first-order valence-electron chi connectivity index (χ1n) is 9.13. The van der Waals surface area contributed by atoms with Crippen molar-refractivity contribution >= 4 is 70.9 Å². The fourth-order valence-electron chi connectivity index (χ4n) is 2.79. The van der Waals surface area contributed by atoms with Crippen molar-refractivity contribution < 1.29 is 27.7 Å². The standard InChI is InChI=1S/C18H19Br2N5O7S/c1-3-25-17(28)13(15(21)26)8(2)14(18(25)29)24-23-11-6-9(22-16(27)10(20)7-19)4-5-12(11)33(30,31)32/h4-6,10,29H,3,7H2,1-2H3,(H2,21,26)(H,22,27)(H,30,31,32)/b24-23+. The smallest absolute Gasteiger partial charge is 0.296 e. The highest BCUT2D eigenvalue weighted by atomic mass is 79.9. The topological polar surface area (TPSA) is 194 Å². The summed E-state index contributed by atoms with van der Waals surface area (Å²) in [4.78, 5) is 35.0. The van der Waals surface area contributed by atoms with Gasteiger partial charge in [-0.1, -0.05) is 31.9 Å². The van der Waals surface area contributed by atoms with Gasteiger partial charge in [0.15, 0.2) is 0 Å². The van der Waals surface area contributed by atoms with Gasteiger partial charge in [-0.05, 0) is 32.0 Å². The molecule has 0 aliphatic carbocycles. The van der Waals surface area contributed by atoms with E-state index in [1.807, 2.05) is 0 Å². The molecule has 0 radical (unpaired) electrons. The van der Waals surface area contributed by atoms with E-state index in [1.165, 1.54) is 19.9 Å². The summed E-state index contributed by atoms with van der Waals surface area (Å²) in [6.07, 6.45) is 0. The maximum atomic E-state index is 12.4. The average molecular weight is 609 g/mol. The van der Waals surface area contributed by atoms with E-state index in [4.69, 9.17) is 5.73 Å². The molecule has 0 fully saturated rings. The Kier molecular flexibility index (Phi) is 8.51. The molecule has 0 saturated carbocycles. The number of benzene rings is 1. The minimum Gasteiger partial charge on any atom is -0.493 e. The summed E-state index contributed by atoms with van der Waals surface area (Å²) < 4.78 is 33.9. The second-order valence-corrected chi connectivity index (χ2v) is 9.70. The van der Waals surface area contributed by atoms with Crippen molar-refractivity contribution in [3.05, 3.63) is 39.7 Å². The molecule has 2 aromatic rings. The molecular formula is C18H19Br2N5O7S. The van der Waals surface area contributed by atoms with Crippen LogP contribution in [-0.4, -0.2) is 44.6 Å². The molecule has 0 bridgehead atoms. The number of carbonyl (C=O) groups excluding carboxylic acids is 2. The highest BCUT2D eigenvalue weighted by Crippen LogP contribution is 2.34. The van der Waals surface area contributed by atoms with Crippen molar-refractivity contribution in [1.29, 1.82) is 0 Å². The molecule has 0 saturated heterocycles. The number of amides is 2. The monoisotopic (exact) mass is 607 g/mol. The SMILES string of the molecule is CCn1c(O)c(/N=N/c2cc(NC(=O)C(Br)CBr)ccc2S(=O)(=O)O)c(C)c(C(N)=O)c1=O. The van der Waals surface area contributed by atoms with Gasteiger partial charge in [0.1, 0.15) is 26.7 Å². The predicted molar refractivity (Wildman–Crippen MR) is 127 cm³/mol. The van der Waals surface area contributed by atoms with E-state index in [0.717, 1.165) is 16.7 Å². The molecule has 2 rings (SSSR count). The van der Waals surface area contributed by atoms with E-state index < -0.39 is 48.7 Å². The lowest BCUT2D eigenvalue weighted by atomic mass is 10.1. The molecule has 0 spiro atoms. The van der Waals surface area contributed by atoms with Gasteiger partial charge >= 0.3 is 0 Å². The van der Waals surface area contributed by atoms with Crippen molar-refractivity contribution in [2.75, 3.05) is 10.6 Å². The summed E-state index contributed by atoms with van der Waals surface area (Å²) in [6.45, 7) is 2.83. The molecule has 178 valence electrons. The van der Waals surface area contributed by atoms with Crippen LogP contribution in [0.2, 0.25) is 0 Å². The lowest BCUT2D eigenvalue weighted by Gasteiger charge is -2.13. The van der Waals surface area contributed by atoms with Gasteiger partial charge in [0.05, 0.1) is 0 Å². The number of carbonyl (C=O) groups is 2. The van der Waals surface area contributed by atoms with Gasteiger partial charge in [-0.2, -0.15) is 8.42 Å². The summed E-state index contributed by atoms with van der Waals surface area (Å²) >= 11 is 6.29. The predicted octanol–water partition coefficient (Wildman–Crippen LogP) is 2.74. The van der Waals surface area contributed by atoms with Gasteiger partial charge in [-0.25, -0.2) is 0 Å². The van der Waals surface area contributed by atoms with Crippen LogP contribution in [0.25, 0.3) is 0 Å². The zero-order valence-electron chi connectivity index (χ0n) is 17.2. The van der Waals surface area contributed by atoms with Crippen molar-refractivity contribution in [2.24, 2.45) is 16.0 Å². The molecule has 0 aliphatic rings. The number of hydrogen-bond donors (Lipinski definition) is 4. The molecule has 0 aliphatic heterocycles. The summed E-state index contributed by atoms with van der Waals surface area (Å²) in [5.41, 5.74) is 3.43. The van der Waals surface area contributed by atoms with E-state index in [-0.39, 0.29) is 29.2 Å². The van der Waals surface area contributed by atoms with E-state index in [1.54, 1.807) is 0 Å². The number of pyridine rings is 1. The van der Waals surface area contributed by atoms with E-state index >= 15 is 0 Å². The normalized spacial score (nSPS) is 12.6. The maximum absolute atomic E-state index is 12.4. The van der Waals surface area contributed by atoms with Crippen LogP contribution in [0.3, 0.4) is 0 Å². The third-order valence-corrected chi connectivity index (χ3v) is 7.56. The van der Waals surface area contributed by atoms with Crippen LogP contribution in [0.5, 0.6) is 5.88 Å². The Labute approximate surface area is 204 Å². The van der Waals surface area contributed by atoms with Crippen LogP contribution in [-0.2, 0) is 21.5 Å². The fraction of sp³-hybridized carbons (Fsp3) is 0.278. The first kappa shape index (κ1) is 26.6. The first-order chi connectivity index (χ1) is 15.3. The molecule has 1 aromatic heterocycles. The van der Waals surface area contributed by atoms with Gasteiger partial charge in [0.25, 0.3) is 21.6 Å². The molecule has 1 aromatic carbocycles. The van der Waals surface area contributed by atoms with Crippen molar-refractivity contribution in [3.63, 3.8) is 0 Å².